The van der Waals surface area contributed by atoms with Crippen molar-refractivity contribution in [3.8, 4) is 0 Å². The Balaban J connectivity index is 2.01. The molecular weight excluding hydrogens is 458 g/mol. The molecule has 3 amide bonds. The predicted molar refractivity (Wildman–Crippen MR) is 130 cm³/mol. The van der Waals surface area contributed by atoms with E-state index >= 15 is 0 Å². The van der Waals surface area contributed by atoms with Crippen molar-refractivity contribution in [3.05, 3.63) is 34.9 Å². The van der Waals surface area contributed by atoms with Gasteiger partial charge in [0.2, 0.25) is 11.8 Å². The lowest BCUT2D eigenvalue weighted by Gasteiger charge is -2.32. The molecule has 3 unspecified atom stereocenters. The highest BCUT2D eigenvalue weighted by molar-refractivity contribution is 6.30. The van der Waals surface area contributed by atoms with Gasteiger partial charge in [-0.3, -0.25) is 9.59 Å². The molecule has 2 rings (SSSR count). The van der Waals surface area contributed by atoms with Crippen molar-refractivity contribution in [1.29, 1.82) is 0 Å². The van der Waals surface area contributed by atoms with E-state index in [1.807, 2.05) is 0 Å². The van der Waals surface area contributed by atoms with Crippen molar-refractivity contribution >= 4 is 35.8 Å². The van der Waals surface area contributed by atoms with E-state index in [1.165, 1.54) is 4.90 Å². The van der Waals surface area contributed by atoms with Crippen LogP contribution >= 0.6 is 11.6 Å². The number of alkyl carbamates (subject to hydrolysis) is 1. The van der Waals surface area contributed by atoms with E-state index in [-0.39, 0.29) is 31.3 Å². The zero-order valence-electron chi connectivity index (χ0n) is 20.2. The Labute approximate surface area is 206 Å². The van der Waals surface area contributed by atoms with Crippen LogP contribution in [0.1, 0.15) is 57.4 Å². The molecule has 9 heteroatoms. The van der Waals surface area contributed by atoms with E-state index in [1.54, 1.807) is 38.4 Å². The number of hydrogen-bond donors (Lipinski definition) is 2. The fourth-order valence-electron chi connectivity index (χ4n) is 4.20. The lowest BCUT2D eigenvalue weighted by molar-refractivity contribution is -0.130. The van der Waals surface area contributed by atoms with E-state index in [2.05, 4.69) is 17.6 Å². The van der Waals surface area contributed by atoms with Crippen LogP contribution in [0.2, 0.25) is 5.02 Å². The van der Waals surface area contributed by atoms with Crippen molar-refractivity contribution in [2.75, 3.05) is 14.1 Å². The second-order valence-corrected chi connectivity index (χ2v) is 9.67. The van der Waals surface area contributed by atoms with Gasteiger partial charge < -0.3 is 25.1 Å². The smallest absolute Gasteiger partial charge is 0.408 e. The normalized spacial score (nSPS) is 19.4. The molecule has 1 aliphatic rings. The molecule has 4 atom stereocenters. The van der Waals surface area contributed by atoms with Crippen LogP contribution in [0.3, 0.4) is 0 Å². The Morgan fingerprint density at radius 3 is 2.59 bits per heavy atom. The molecule has 1 aliphatic carbocycles. The quantitative estimate of drug-likeness (QED) is 0.457. The number of aldehydes is 1. The van der Waals surface area contributed by atoms with Gasteiger partial charge in [0.1, 0.15) is 18.9 Å². The molecule has 1 saturated carbocycles. The molecule has 0 saturated heterocycles. The molecule has 0 spiro atoms. The van der Waals surface area contributed by atoms with Gasteiger partial charge in [0.15, 0.2) is 0 Å². The van der Waals surface area contributed by atoms with Gasteiger partial charge in [0, 0.05) is 25.5 Å². The Morgan fingerprint density at radius 2 is 1.94 bits per heavy atom. The fraction of sp³-hybridized carbons (Fsp3) is 0.600. The van der Waals surface area contributed by atoms with Gasteiger partial charge in [-0.2, -0.15) is 0 Å². The second kappa shape index (κ2) is 13.9. The minimum Gasteiger partial charge on any atom is -0.445 e. The first-order valence-corrected chi connectivity index (χ1v) is 12.2. The number of carbonyl (C=O) groups is 4. The molecule has 0 aliphatic heterocycles. The summed E-state index contributed by atoms with van der Waals surface area (Å²) in [5.74, 6) is 0.138. The maximum absolute atomic E-state index is 13.1. The fourth-order valence-corrected chi connectivity index (χ4v) is 4.41. The number of nitrogens with one attached hydrogen (secondary N) is 2. The van der Waals surface area contributed by atoms with Crippen molar-refractivity contribution in [2.24, 2.45) is 11.8 Å². The van der Waals surface area contributed by atoms with Gasteiger partial charge in [-0.1, -0.05) is 56.3 Å². The standard InChI is InChI=1S/C25H36ClN3O5/c1-17-7-4-5-9-19(17)14-22(24(32)27-21(15-30)11-12-23(31)29(2)3)28-25(33)34-16-18-8-6-10-20(26)13-18/h6,8,10,13,15,17,19,21-22H,4-5,7,9,11-12,14,16H2,1-3H3,(H,27,32)(H,28,33)/t17?,19?,21-,22?/m0/s1. The van der Waals surface area contributed by atoms with Crippen LogP contribution in [0.4, 0.5) is 4.79 Å². The summed E-state index contributed by atoms with van der Waals surface area (Å²) in [5, 5.41) is 5.91. The zero-order chi connectivity index (χ0) is 25.1. The molecule has 8 nitrogen and oxygen atoms in total. The van der Waals surface area contributed by atoms with Crippen molar-refractivity contribution in [2.45, 2.75) is 70.6 Å². The summed E-state index contributed by atoms with van der Waals surface area (Å²) in [7, 11) is 3.27. The van der Waals surface area contributed by atoms with Crippen molar-refractivity contribution in [3.63, 3.8) is 0 Å². The van der Waals surface area contributed by atoms with Gasteiger partial charge in [0.05, 0.1) is 6.04 Å². The topological polar surface area (TPSA) is 105 Å². The molecule has 1 aromatic carbocycles. The summed E-state index contributed by atoms with van der Waals surface area (Å²) in [6, 6.07) is 5.33. The van der Waals surface area contributed by atoms with Crippen LogP contribution in [0.5, 0.6) is 0 Å². The third kappa shape index (κ3) is 9.33. The number of nitrogens with zero attached hydrogens (tertiary/aromatic N) is 1. The van der Waals surface area contributed by atoms with E-state index in [0.29, 0.717) is 23.6 Å². The van der Waals surface area contributed by atoms with Gasteiger partial charge in [-0.15, -0.1) is 0 Å². The van der Waals surface area contributed by atoms with Crippen LogP contribution in [-0.4, -0.2) is 55.3 Å². The summed E-state index contributed by atoms with van der Waals surface area (Å²) < 4.78 is 5.31. The minimum atomic E-state index is -0.843. The maximum Gasteiger partial charge on any atom is 0.408 e. The molecular formula is C25H36ClN3O5. The minimum absolute atomic E-state index is 0.0180. The van der Waals surface area contributed by atoms with Crippen molar-refractivity contribution in [1.82, 2.24) is 15.5 Å². The molecule has 0 heterocycles. The maximum atomic E-state index is 13.1. The first-order chi connectivity index (χ1) is 16.2. The summed E-state index contributed by atoms with van der Waals surface area (Å²) in [5.41, 5.74) is 0.733. The number of halogens is 1. The molecule has 2 N–H and O–H groups in total. The van der Waals surface area contributed by atoms with E-state index in [0.717, 1.165) is 31.2 Å². The summed E-state index contributed by atoms with van der Waals surface area (Å²) in [6.07, 6.45) is 5.02. The van der Waals surface area contributed by atoms with E-state index in [9.17, 15) is 19.2 Å². The van der Waals surface area contributed by atoms with Gasteiger partial charge in [-0.05, 0) is 42.4 Å². The van der Waals surface area contributed by atoms with Gasteiger partial charge >= 0.3 is 6.09 Å². The Morgan fingerprint density at radius 1 is 1.21 bits per heavy atom. The van der Waals surface area contributed by atoms with Crippen LogP contribution in [0.15, 0.2) is 24.3 Å². The number of benzene rings is 1. The van der Waals surface area contributed by atoms with E-state index < -0.39 is 24.1 Å². The van der Waals surface area contributed by atoms with Gasteiger partial charge in [0.25, 0.3) is 0 Å². The lowest BCUT2D eigenvalue weighted by atomic mass is 9.77. The first-order valence-electron chi connectivity index (χ1n) is 11.8. The highest BCUT2D eigenvalue weighted by Crippen LogP contribution is 2.32. The predicted octanol–water partition coefficient (Wildman–Crippen LogP) is 3.70. The van der Waals surface area contributed by atoms with Crippen LogP contribution < -0.4 is 10.6 Å². The number of ether oxygens (including phenoxy) is 1. The molecule has 1 aromatic rings. The Kier molecular flexibility index (Phi) is 11.3. The molecule has 1 fully saturated rings. The second-order valence-electron chi connectivity index (χ2n) is 9.24. The van der Waals surface area contributed by atoms with Crippen LogP contribution in [0, 0.1) is 11.8 Å². The van der Waals surface area contributed by atoms with Crippen molar-refractivity contribution < 1.29 is 23.9 Å². The first kappa shape index (κ1) is 27.6. The SMILES string of the molecule is CC1CCCCC1CC(NC(=O)OCc1cccc(Cl)c1)C(=O)N[C@H](C=O)CCC(=O)N(C)C. The molecule has 0 bridgehead atoms. The number of hydrogen-bond acceptors (Lipinski definition) is 5. The average Bonchev–Trinajstić information content (AvgIpc) is 2.80. The third-order valence-electron chi connectivity index (χ3n) is 6.36. The number of carbonyl (C=O) groups excluding carboxylic acids is 4. The Bertz CT molecular complexity index is 848. The summed E-state index contributed by atoms with van der Waals surface area (Å²) >= 11 is 5.97. The third-order valence-corrected chi connectivity index (χ3v) is 6.59. The monoisotopic (exact) mass is 493 g/mol. The van der Waals surface area contributed by atoms with E-state index in [4.69, 9.17) is 16.3 Å². The van der Waals surface area contributed by atoms with Crippen LogP contribution in [0.25, 0.3) is 0 Å². The highest BCUT2D eigenvalue weighted by atomic mass is 35.5. The highest BCUT2D eigenvalue weighted by Gasteiger charge is 2.30. The lowest BCUT2D eigenvalue weighted by Crippen LogP contribution is -2.51. The van der Waals surface area contributed by atoms with Gasteiger partial charge in [-0.25, -0.2) is 4.79 Å². The summed E-state index contributed by atoms with van der Waals surface area (Å²) in [4.78, 5) is 50.4. The summed E-state index contributed by atoms with van der Waals surface area (Å²) in [6.45, 7) is 2.18. The average molecular weight is 494 g/mol. The molecule has 0 radical (unpaired) electrons. The molecule has 188 valence electrons. The Hall–Kier alpha value is -2.61. The molecule has 34 heavy (non-hydrogen) atoms. The zero-order valence-corrected chi connectivity index (χ0v) is 21.0. The largest absolute Gasteiger partial charge is 0.445 e. The molecule has 0 aromatic heterocycles. The number of amides is 3. The van der Waals surface area contributed by atoms with Crippen LogP contribution in [-0.2, 0) is 25.7 Å². The number of rotatable bonds is 11.